The van der Waals surface area contributed by atoms with Crippen LogP contribution in [0.4, 0.5) is 0 Å². The first-order valence-electron chi connectivity index (χ1n) is 7.48. The van der Waals surface area contributed by atoms with E-state index in [4.69, 9.17) is 9.78 Å². The highest BCUT2D eigenvalue weighted by Gasteiger charge is 2.10. The summed E-state index contributed by atoms with van der Waals surface area (Å²) in [6.07, 6.45) is 1.71. The number of phenols is 2. The summed E-state index contributed by atoms with van der Waals surface area (Å²) in [5, 5.41) is 19.7. The Morgan fingerprint density at radius 3 is 2.18 bits per heavy atom. The third kappa shape index (κ3) is 4.07. The topological polar surface area (TPSA) is 58.9 Å². The Morgan fingerprint density at radius 2 is 1.55 bits per heavy atom. The maximum atomic E-state index is 9.98. The molecule has 0 heterocycles. The normalized spacial score (nSPS) is 10.7. The third-order valence-electron chi connectivity index (χ3n) is 3.32. The fourth-order valence-corrected chi connectivity index (χ4v) is 2.17. The average molecular weight is 302 g/mol. The second-order valence-electron chi connectivity index (χ2n) is 5.72. The zero-order valence-corrected chi connectivity index (χ0v) is 13.2. The predicted octanol–water partition coefficient (Wildman–Crippen LogP) is 4.23. The van der Waals surface area contributed by atoms with Crippen LogP contribution < -0.4 is 9.78 Å². The maximum absolute atomic E-state index is 9.98. The zero-order valence-electron chi connectivity index (χ0n) is 13.2. The number of benzene rings is 2. The molecule has 0 aliphatic carbocycles. The molecular formula is C18H22O4. The van der Waals surface area contributed by atoms with Crippen LogP contribution in [-0.2, 0) is 12.8 Å². The zero-order chi connectivity index (χ0) is 16.1. The van der Waals surface area contributed by atoms with Crippen molar-refractivity contribution < 1.29 is 20.0 Å². The van der Waals surface area contributed by atoms with Crippen molar-refractivity contribution in [3.63, 3.8) is 0 Å². The van der Waals surface area contributed by atoms with Crippen LogP contribution in [0, 0.1) is 5.92 Å². The van der Waals surface area contributed by atoms with Gasteiger partial charge in [-0.1, -0.05) is 32.9 Å². The molecule has 2 aromatic carbocycles. The van der Waals surface area contributed by atoms with E-state index < -0.39 is 0 Å². The fraction of sp³-hybridized carbons (Fsp3) is 0.333. The minimum atomic E-state index is -0.00637. The Kier molecular flexibility index (Phi) is 5.15. The Bertz CT molecular complexity index is 635. The van der Waals surface area contributed by atoms with Crippen LogP contribution in [0.15, 0.2) is 36.4 Å². The van der Waals surface area contributed by atoms with E-state index >= 15 is 0 Å². The number of hydrogen-bond acceptors (Lipinski definition) is 4. The molecule has 4 heteroatoms. The number of rotatable bonds is 6. The molecule has 22 heavy (non-hydrogen) atoms. The Labute approximate surface area is 130 Å². The molecule has 4 nitrogen and oxygen atoms in total. The summed E-state index contributed by atoms with van der Waals surface area (Å²) in [4.78, 5) is 10.3. The molecule has 0 bridgehead atoms. The second kappa shape index (κ2) is 7.07. The average Bonchev–Trinajstić information content (AvgIpc) is 2.47. The summed E-state index contributed by atoms with van der Waals surface area (Å²) in [6.45, 7) is 6.25. The largest absolute Gasteiger partial charge is 0.504 e. The van der Waals surface area contributed by atoms with Crippen molar-refractivity contribution in [3.05, 3.63) is 47.5 Å². The molecule has 0 amide bonds. The first kappa shape index (κ1) is 16.0. The molecular weight excluding hydrogens is 280 g/mol. The molecule has 0 atom stereocenters. The molecule has 0 aromatic heterocycles. The van der Waals surface area contributed by atoms with Gasteiger partial charge in [0.25, 0.3) is 0 Å². The van der Waals surface area contributed by atoms with Crippen LogP contribution in [0.5, 0.6) is 23.0 Å². The molecule has 2 aromatic rings. The molecule has 118 valence electrons. The van der Waals surface area contributed by atoms with Gasteiger partial charge < -0.3 is 10.2 Å². The molecule has 0 radical (unpaired) electrons. The number of hydrogen-bond donors (Lipinski definition) is 2. The minimum Gasteiger partial charge on any atom is -0.504 e. The molecule has 0 aliphatic heterocycles. The van der Waals surface area contributed by atoms with E-state index in [0.717, 1.165) is 24.0 Å². The van der Waals surface area contributed by atoms with Crippen LogP contribution >= 0.6 is 0 Å². The van der Waals surface area contributed by atoms with Gasteiger partial charge in [-0.2, -0.15) is 0 Å². The highest BCUT2D eigenvalue weighted by atomic mass is 17.2. The molecule has 0 unspecified atom stereocenters. The number of aromatic hydroxyl groups is 2. The van der Waals surface area contributed by atoms with Gasteiger partial charge in [-0.15, -0.1) is 0 Å². The van der Waals surface area contributed by atoms with Gasteiger partial charge in [-0.05, 0) is 54.2 Å². The van der Waals surface area contributed by atoms with E-state index in [1.165, 1.54) is 0 Å². The van der Waals surface area contributed by atoms with Gasteiger partial charge in [0.1, 0.15) is 0 Å². The lowest BCUT2D eigenvalue weighted by atomic mass is 10.0. The molecule has 0 fully saturated rings. The minimum absolute atomic E-state index is 0.00637. The van der Waals surface area contributed by atoms with Gasteiger partial charge >= 0.3 is 0 Å². The van der Waals surface area contributed by atoms with E-state index in [2.05, 4.69) is 13.8 Å². The maximum Gasteiger partial charge on any atom is 0.220 e. The first-order chi connectivity index (χ1) is 10.5. The van der Waals surface area contributed by atoms with Gasteiger partial charge in [-0.25, -0.2) is 0 Å². The van der Waals surface area contributed by atoms with Crippen LogP contribution in [0.2, 0.25) is 0 Å². The van der Waals surface area contributed by atoms with Crippen molar-refractivity contribution in [1.29, 1.82) is 0 Å². The van der Waals surface area contributed by atoms with Crippen molar-refractivity contribution in [2.75, 3.05) is 0 Å². The third-order valence-corrected chi connectivity index (χ3v) is 3.32. The summed E-state index contributed by atoms with van der Waals surface area (Å²) in [6, 6.07) is 10.3. The summed E-state index contributed by atoms with van der Waals surface area (Å²) < 4.78 is 0. The van der Waals surface area contributed by atoms with Crippen LogP contribution in [0.3, 0.4) is 0 Å². The highest BCUT2D eigenvalue weighted by Crippen LogP contribution is 2.31. The van der Waals surface area contributed by atoms with Crippen LogP contribution in [0.25, 0.3) is 0 Å². The monoisotopic (exact) mass is 302 g/mol. The van der Waals surface area contributed by atoms with Crippen LogP contribution in [-0.4, -0.2) is 10.2 Å². The van der Waals surface area contributed by atoms with E-state index in [1.807, 2.05) is 19.1 Å². The summed E-state index contributed by atoms with van der Waals surface area (Å²) in [5.41, 5.74) is 2.06. The standard InChI is InChI=1S/C18H22O4/c1-4-13-5-7-15(19)18(11-13)22-21-17-8-6-14(9-12(2)3)10-16(17)20/h5-8,10-12,19-20H,4,9H2,1-3H3. The summed E-state index contributed by atoms with van der Waals surface area (Å²) in [7, 11) is 0. The molecule has 0 saturated carbocycles. The number of phenolic OH excluding ortho intramolecular Hbond substituents is 2. The van der Waals surface area contributed by atoms with E-state index in [9.17, 15) is 10.2 Å². The predicted molar refractivity (Wildman–Crippen MR) is 85.4 cm³/mol. The van der Waals surface area contributed by atoms with Gasteiger partial charge in [0.05, 0.1) is 0 Å². The van der Waals surface area contributed by atoms with Gasteiger partial charge in [0.15, 0.2) is 11.5 Å². The Balaban J connectivity index is 2.08. The van der Waals surface area contributed by atoms with Crippen molar-refractivity contribution in [3.8, 4) is 23.0 Å². The first-order valence-corrected chi connectivity index (χ1v) is 7.48. The summed E-state index contributed by atoms with van der Waals surface area (Å²) in [5.74, 6) is 0.965. The SMILES string of the molecule is CCc1ccc(O)c(OOc2ccc(CC(C)C)cc2O)c1. The number of aryl methyl sites for hydroxylation is 1. The lowest BCUT2D eigenvalue weighted by Gasteiger charge is -2.11. The summed E-state index contributed by atoms with van der Waals surface area (Å²) >= 11 is 0. The molecule has 0 spiro atoms. The Hall–Kier alpha value is -2.36. The van der Waals surface area contributed by atoms with Gasteiger partial charge in [0, 0.05) is 0 Å². The lowest BCUT2D eigenvalue weighted by Crippen LogP contribution is -2.02. The Morgan fingerprint density at radius 1 is 0.864 bits per heavy atom. The lowest BCUT2D eigenvalue weighted by molar-refractivity contribution is -0.103. The van der Waals surface area contributed by atoms with E-state index in [-0.39, 0.29) is 23.0 Å². The smallest absolute Gasteiger partial charge is 0.220 e. The van der Waals surface area contributed by atoms with Crippen molar-refractivity contribution in [1.82, 2.24) is 0 Å². The van der Waals surface area contributed by atoms with E-state index in [0.29, 0.717) is 5.92 Å². The molecule has 0 aliphatic rings. The molecule has 2 N–H and O–H groups in total. The molecule has 0 saturated heterocycles. The van der Waals surface area contributed by atoms with Crippen LogP contribution in [0.1, 0.15) is 31.9 Å². The molecule has 2 rings (SSSR count). The van der Waals surface area contributed by atoms with Gasteiger partial charge in [0.2, 0.25) is 11.5 Å². The second-order valence-corrected chi connectivity index (χ2v) is 5.72. The van der Waals surface area contributed by atoms with Crippen molar-refractivity contribution in [2.24, 2.45) is 5.92 Å². The van der Waals surface area contributed by atoms with E-state index in [1.54, 1.807) is 24.3 Å². The fourth-order valence-electron chi connectivity index (χ4n) is 2.17. The van der Waals surface area contributed by atoms with Gasteiger partial charge in [-0.3, -0.25) is 9.78 Å². The quantitative estimate of drug-likeness (QED) is 0.619. The van der Waals surface area contributed by atoms with Crippen molar-refractivity contribution in [2.45, 2.75) is 33.6 Å². The highest BCUT2D eigenvalue weighted by molar-refractivity contribution is 5.43. The van der Waals surface area contributed by atoms with Crippen molar-refractivity contribution >= 4 is 0 Å².